The van der Waals surface area contributed by atoms with Gasteiger partial charge in [-0.15, -0.1) is 0 Å². The minimum absolute atomic E-state index is 0.299. The Morgan fingerprint density at radius 3 is 2.83 bits per heavy atom. The van der Waals surface area contributed by atoms with E-state index < -0.39 is 0 Å². The second kappa shape index (κ2) is 5.20. The fourth-order valence-corrected chi connectivity index (χ4v) is 4.31. The Morgan fingerprint density at radius 2 is 2.17 bits per heavy atom. The molecule has 2 N–H and O–H groups in total. The summed E-state index contributed by atoms with van der Waals surface area (Å²) in [6, 6.07) is 0.352. The molecule has 1 heterocycles. The second-order valence-corrected chi connectivity index (χ2v) is 6.78. The number of rotatable bonds is 3. The highest BCUT2D eigenvalue weighted by Gasteiger charge is 2.40. The summed E-state index contributed by atoms with van der Waals surface area (Å²) in [5.74, 6) is 3.42. The van der Waals surface area contributed by atoms with E-state index in [0.717, 1.165) is 31.3 Å². The van der Waals surface area contributed by atoms with Crippen molar-refractivity contribution in [2.24, 2.45) is 23.7 Å². The molecule has 18 heavy (non-hydrogen) atoms. The maximum atomic E-state index is 12.2. The Labute approximate surface area is 110 Å². The molecule has 3 nitrogen and oxygen atoms in total. The first-order valence-electron chi connectivity index (χ1n) is 7.72. The van der Waals surface area contributed by atoms with Gasteiger partial charge in [-0.05, 0) is 55.9 Å². The Hall–Kier alpha value is -0.570. The Morgan fingerprint density at radius 1 is 1.28 bits per heavy atom. The summed E-state index contributed by atoms with van der Waals surface area (Å²) in [5, 5.41) is 6.63. The summed E-state index contributed by atoms with van der Waals surface area (Å²) in [6.45, 7) is 4.30. The molecule has 0 aromatic rings. The number of carbonyl (C=O) groups is 1. The lowest BCUT2D eigenvalue weighted by atomic mass is 9.86. The first kappa shape index (κ1) is 12.5. The van der Waals surface area contributed by atoms with Crippen LogP contribution in [0.5, 0.6) is 0 Å². The summed E-state index contributed by atoms with van der Waals surface area (Å²) in [6.07, 6.45) is 7.48. The SMILES string of the molecule is CC1CCNCC1NC(=O)CC1CC2CCC1C2. The van der Waals surface area contributed by atoms with Crippen LogP contribution >= 0.6 is 0 Å². The van der Waals surface area contributed by atoms with Gasteiger partial charge < -0.3 is 10.6 Å². The van der Waals surface area contributed by atoms with Crippen molar-refractivity contribution in [1.29, 1.82) is 0 Å². The monoisotopic (exact) mass is 250 g/mol. The van der Waals surface area contributed by atoms with Crippen LogP contribution in [0.4, 0.5) is 0 Å². The number of fused-ring (bicyclic) bond motifs is 2. The zero-order valence-corrected chi connectivity index (χ0v) is 11.5. The van der Waals surface area contributed by atoms with Gasteiger partial charge in [-0.1, -0.05) is 13.3 Å². The van der Waals surface area contributed by atoms with Crippen LogP contribution in [0.2, 0.25) is 0 Å². The normalized spacial score (nSPS) is 43.1. The van der Waals surface area contributed by atoms with Gasteiger partial charge in [0.2, 0.25) is 5.91 Å². The van der Waals surface area contributed by atoms with Crippen molar-refractivity contribution in [3.63, 3.8) is 0 Å². The maximum Gasteiger partial charge on any atom is 0.220 e. The minimum atomic E-state index is 0.299. The van der Waals surface area contributed by atoms with Crippen LogP contribution in [0.15, 0.2) is 0 Å². The third-order valence-corrected chi connectivity index (χ3v) is 5.51. The average molecular weight is 250 g/mol. The van der Waals surface area contributed by atoms with Gasteiger partial charge in [0.1, 0.15) is 0 Å². The molecule has 2 saturated carbocycles. The summed E-state index contributed by atoms with van der Waals surface area (Å²) in [4.78, 5) is 12.2. The molecule has 1 aliphatic heterocycles. The van der Waals surface area contributed by atoms with Crippen LogP contribution in [0, 0.1) is 23.7 Å². The van der Waals surface area contributed by atoms with Gasteiger partial charge in [-0.3, -0.25) is 4.79 Å². The molecule has 3 heteroatoms. The van der Waals surface area contributed by atoms with E-state index in [0.29, 0.717) is 23.8 Å². The van der Waals surface area contributed by atoms with Gasteiger partial charge in [0, 0.05) is 19.0 Å². The Bertz CT molecular complexity index is 312. The molecule has 1 saturated heterocycles. The van der Waals surface area contributed by atoms with Crippen LogP contribution < -0.4 is 10.6 Å². The number of amides is 1. The molecule has 0 aromatic carbocycles. The molecular weight excluding hydrogens is 224 g/mol. The highest BCUT2D eigenvalue weighted by molar-refractivity contribution is 5.76. The molecule has 5 unspecified atom stereocenters. The highest BCUT2D eigenvalue weighted by atomic mass is 16.1. The van der Waals surface area contributed by atoms with Crippen LogP contribution in [0.1, 0.15) is 45.4 Å². The molecule has 3 fully saturated rings. The first-order chi connectivity index (χ1) is 8.72. The standard InChI is InChI=1S/C15H26N2O/c1-10-4-5-16-9-14(10)17-15(18)8-13-7-11-2-3-12(13)6-11/h10-14,16H,2-9H2,1H3,(H,17,18). The van der Waals surface area contributed by atoms with E-state index in [1.165, 1.54) is 32.1 Å². The largest absolute Gasteiger partial charge is 0.352 e. The van der Waals surface area contributed by atoms with Crippen molar-refractivity contribution >= 4 is 5.91 Å². The van der Waals surface area contributed by atoms with Crippen molar-refractivity contribution in [3.05, 3.63) is 0 Å². The van der Waals surface area contributed by atoms with E-state index in [4.69, 9.17) is 0 Å². The lowest BCUT2D eigenvalue weighted by Crippen LogP contribution is -2.50. The predicted molar refractivity (Wildman–Crippen MR) is 72.1 cm³/mol. The van der Waals surface area contributed by atoms with Crippen molar-refractivity contribution in [3.8, 4) is 0 Å². The van der Waals surface area contributed by atoms with E-state index in [-0.39, 0.29) is 0 Å². The minimum Gasteiger partial charge on any atom is -0.352 e. The topological polar surface area (TPSA) is 41.1 Å². The summed E-state index contributed by atoms with van der Waals surface area (Å²) >= 11 is 0. The molecule has 3 aliphatic rings. The van der Waals surface area contributed by atoms with Gasteiger partial charge in [0.15, 0.2) is 0 Å². The summed E-state index contributed by atoms with van der Waals surface area (Å²) in [5.41, 5.74) is 0. The van der Waals surface area contributed by atoms with Gasteiger partial charge in [-0.25, -0.2) is 0 Å². The maximum absolute atomic E-state index is 12.2. The predicted octanol–water partition coefficient (Wildman–Crippen LogP) is 1.93. The third kappa shape index (κ3) is 2.56. The number of piperidine rings is 1. The van der Waals surface area contributed by atoms with E-state index in [2.05, 4.69) is 17.6 Å². The molecular formula is C15H26N2O. The molecule has 2 bridgehead atoms. The van der Waals surface area contributed by atoms with Gasteiger partial charge >= 0.3 is 0 Å². The Balaban J connectivity index is 1.47. The number of nitrogens with one attached hydrogen (secondary N) is 2. The van der Waals surface area contributed by atoms with E-state index in [1.54, 1.807) is 0 Å². The van der Waals surface area contributed by atoms with Crippen LogP contribution in [-0.4, -0.2) is 25.0 Å². The van der Waals surface area contributed by atoms with Crippen LogP contribution in [0.25, 0.3) is 0 Å². The van der Waals surface area contributed by atoms with Crippen molar-refractivity contribution < 1.29 is 4.79 Å². The average Bonchev–Trinajstić information content (AvgIpc) is 2.94. The molecule has 0 aromatic heterocycles. The van der Waals surface area contributed by atoms with E-state index in [9.17, 15) is 4.79 Å². The van der Waals surface area contributed by atoms with Gasteiger partial charge in [0.05, 0.1) is 0 Å². The van der Waals surface area contributed by atoms with Crippen molar-refractivity contribution in [2.75, 3.05) is 13.1 Å². The third-order valence-electron chi connectivity index (χ3n) is 5.51. The lowest BCUT2D eigenvalue weighted by molar-refractivity contribution is -0.123. The quantitative estimate of drug-likeness (QED) is 0.803. The van der Waals surface area contributed by atoms with Crippen LogP contribution in [-0.2, 0) is 4.79 Å². The number of hydrogen-bond acceptors (Lipinski definition) is 2. The summed E-state index contributed by atoms with van der Waals surface area (Å²) < 4.78 is 0. The van der Waals surface area contributed by atoms with E-state index in [1.807, 2.05) is 0 Å². The molecule has 3 rings (SSSR count). The smallest absolute Gasteiger partial charge is 0.220 e. The zero-order valence-electron chi connectivity index (χ0n) is 11.5. The first-order valence-corrected chi connectivity index (χ1v) is 7.72. The molecule has 5 atom stereocenters. The number of hydrogen-bond donors (Lipinski definition) is 2. The summed E-state index contributed by atoms with van der Waals surface area (Å²) in [7, 11) is 0. The lowest BCUT2D eigenvalue weighted by Gasteiger charge is -2.31. The Kier molecular flexibility index (Phi) is 3.60. The molecule has 102 valence electrons. The van der Waals surface area contributed by atoms with Gasteiger partial charge in [-0.2, -0.15) is 0 Å². The molecule has 0 radical (unpaired) electrons. The number of carbonyl (C=O) groups excluding carboxylic acids is 1. The zero-order chi connectivity index (χ0) is 12.5. The van der Waals surface area contributed by atoms with Crippen LogP contribution in [0.3, 0.4) is 0 Å². The molecule has 2 aliphatic carbocycles. The highest BCUT2D eigenvalue weighted by Crippen LogP contribution is 2.49. The molecule has 1 amide bonds. The second-order valence-electron chi connectivity index (χ2n) is 6.78. The van der Waals surface area contributed by atoms with E-state index >= 15 is 0 Å². The fraction of sp³-hybridized carbons (Fsp3) is 0.933. The van der Waals surface area contributed by atoms with Crippen molar-refractivity contribution in [1.82, 2.24) is 10.6 Å². The fourth-order valence-electron chi connectivity index (χ4n) is 4.31. The van der Waals surface area contributed by atoms with Crippen molar-refractivity contribution in [2.45, 2.75) is 51.5 Å². The molecule has 0 spiro atoms. The van der Waals surface area contributed by atoms with Gasteiger partial charge in [0.25, 0.3) is 0 Å².